The molecular formula is C63H133N20O4+. The van der Waals surface area contributed by atoms with Crippen LogP contribution in [0.5, 0.6) is 0 Å². The van der Waals surface area contributed by atoms with Gasteiger partial charge in [0.15, 0.2) is 0 Å². The fourth-order valence-corrected chi connectivity index (χ4v) is 10.3. The van der Waals surface area contributed by atoms with Gasteiger partial charge in [0.05, 0.1) is 33.2 Å². The van der Waals surface area contributed by atoms with Gasteiger partial charge in [-0.3, -0.25) is 19.4 Å². The number of azide groups is 4. The van der Waals surface area contributed by atoms with Gasteiger partial charge in [0.1, 0.15) is 11.1 Å². The molecule has 2 rings (SSSR count). The quantitative estimate of drug-likeness (QED) is 0.0114. The molecule has 0 aromatic heterocycles. The van der Waals surface area contributed by atoms with Crippen LogP contribution in [0.4, 0.5) is 9.59 Å². The smallest absolute Gasteiger partial charge is 0.325 e. The first-order valence-electron chi connectivity index (χ1n) is 33.3. The predicted octanol–water partition coefficient (Wildman–Crippen LogP) is 17.2. The number of rotatable bonds is 52. The van der Waals surface area contributed by atoms with Crippen molar-refractivity contribution in [3.63, 3.8) is 0 Å². The van der Waals surface area contributed by atoms with Gasteiger partial charge >= 0.3 is 12.1 Å². The van der Waals surface area contributed by atoms with Crippen LogP contribution in [0, 0.1) is 0 Å². The second kappa shape index (κ2) is 61.2. The van der Waals surface area contributed by atoms with Gasteiger partial charge < -0.3 is 31.1 Å². The van der Waals surface area contributed by atoms with Crippen LogP contribution in [-0.2, 0) is 9.59 Å². The van der Waals surface area contributed by atoms with E-state index in [0.29, 0.717) is 52.4 Å². The van der Waals surface area contributed by atoms with Gasteiger partial charge in [-0.05, 0) is 108 Å². The molecule has 0 aromatic rings. The number of unbranched alkanes of at least 4 members (excludes halogenated alkanes) is 27. The van der Waals surface area contributed by atoms with Crippen molar-refractivity contribution in [2.45, 2.75) is 280 Å². The summed E-state index contributed by atoms with van der Waals surface area (Å²) < 4.78 is 0.809. The predicted molar refractivity (Wildman–Crippen MR) is 364 cm³/mol. The third-order valence-corrected chi connectivity index (χ3v) is 15.5. The molecule has 24 heteroatoms. The highest BCUT2D eigenvalue weighted by atomic mass is 16.2. The van der Waals surface area contributed by atoms with E-state index < -0.39 is 11.1 Å². The highest BCUT2D eigenvalue weighted by Crippen LogP contribution is 2.20. The topological polar surface area (TPSA) is 335 Å². The SMILES string of the molecule is C.C.CCCCCCCCCCCCN(CCCN1C(=O)NC(C)(C)C1=O)CCN=[N+]=[N-].CCCCCCCCCCCCNCCN=[N+]=[N-].CCCCCCCCCCCC[N+](C)(CCCN1C(=O)NC(C)(C)C1=O)CCN=[N+]=[N-].[2HH].[N-]=[N+]=NCCN. The maximum atomic E-state index is 12.4. The van der Waals surface area contributed by atoms with Crippen LogP contribution >= 0.6 is 0 Å². The number of likely N-dealkylation sites (N-methyl/N-ethyl adjacent to an activating group) is 1. The Morgan fingerprint density at radius 2 is 0.805 bits per heavy atom. The second-order valence-corrected chi connectivity index (χ2v) is 24.3. The van der Waals surface area contributed by atoms with Crippen LogP contribution in [0.25, 0.3) is 41.8 Å². The maximum absolute atomic E-state index is 12.4. The molecule has 1 unspecified atom stereocenters. The third kappa shape index (κ3) is 50.5. The fourth-order valence-electron chi connectivity index (χ4n) is 10.3. The molecule has 0 radical (unpaired) electrons. The van der Waals surface area contributed by atoms with Gasteiger partial charge in [-0.2, -0.15) is 0 Å². The van der Waals surface area contributed by atoms with E-state index >= 15 is 0 Å². The van der Waals surface area contributed by atoms with E-state index in [4.69, 9.17) is 27.9 Å². The van der Waals surface area contributed by atoms with Crippen molar-refractivity contribution in [2.75, 3.05) is 105 Å². The molecule has 0 bridgehead atoms. The van der Waals surface area contributed by atoms with Crippen LogP contribution in [0.1, 0.15) is 270 Å². The van der Waals surface area contributed by atoms with E-state index in [-0.39, 0.29) is 40.2 Å². The Bertz CT molecular complexity index is 1910. The third-order valence-electron chi connectivity index (χ3n) is 15.5. The lowest BCUT2D eigenvalue weighted by molar-refractivity contribution is -0.908. The van der Waals surface area contributed by atoms with Crippen molar-refractivity contribution in [2.24, 2.45) is 26.2 Å². The molecule has 6 amide bonds. The lowest BCUT2D eigenvalue weighted by Crippen LogP contribution is -2.48. The molecule has 2 aliphatic rings. The molecule has 0 aromatic carbocycles. The minimum Gasteiger partial charge on any atom is -0.330 e. The number of urea groups is 2. The number of carbonyl (C=O) groups excluding carboxylic acids is 4. The van der Waals surface area contributed by atoms with E-state index in [9.17, 15) is 19.2 Å². The van der Waals surface area contributed by atoms with E-state index in [2.05, 4.69) is 88.8 Å². The van der Waals surface area contributed by atoms with E-state index in [1.54, 1.807) is 27.7 Å². The van der Waals surface area contributed by atoms with Crippen molar-refractivity contribution >= 4 is 23.9 Å². The lowest BCUT2D eigenvalue weighted by Gasteiger charge is -2.35. The number of hydrogen-bond donors (Lipinski definition) is 4. The number of hydrogen-bond acceptors (Lipinski definition) is 11. The van der Waals surface area contributed by atoms with Crippen LogP contribution < -0.4 is 21.7 Å². The Labute approximate surface area is 530 Å². The fraction of sp³-hybridized carbons (Fsp3) is 0.937. The molecule has 24 nitrogen and oxygen atoms in total. The Kier molecular flexibility index (Phi) is 62.2. The van der Waals surface area contributed by atoms with Gasteiger partial charge in [-0.1, -0.05) is 223 Å². The molecular weight excluding hydrogens is 1100 g/mol. The summed E-state index contributed by atoms with van der Waals surface area (Å²) in [6.07, 6.45) is 41.3. The first-order chi connectivity index (χ1) is 41.0. The number of nitrogens with two attached hydrogens (primary N) is 1. The summed E-state index contributed by atoms with van der Waals surface area (Å²) in [5.41, 5.74) is 36.2. The van der Waals surface area contributed by atoms with E-state index in [0.717, 1.165) is 76.0 Å². The summed E-state index contributed by atoms with van der Waals surface area (Å²) in [7, 11) is 2.19. The molecule has 0 spiro atoms. The summed E-state index contributed by atoms with van der Waals surface area (Å²) in [6.45, 7) is 23.9. The molecule has 2 aliphatic heterocycles. The van der Waals surface area contributed by atoms with E-state index in [1.807, 2.05) is 0 Å². The van der Waals surface area contributed by atoms with Crippen molar-refractivity contribution in [3.8, 4) is 0 Å². The molecule has 5 N–H and O–H groups in total. The van der Waals surface area contributed by atoms with Crippen LogP contribution in [0.15, 0.2) is 20.5 Å². The number of quaternary nitrogens is 1. The zero-order valence-corrected chi connectivity index (χ0v) is 55.1. The number of amides is 6. The largest absolute Gasteiger partial charge is 0.330 e. The first kappa shape index (κ1) is 88.4. The summed E-state index contributed by atoms with van der Waals surface area (Å²) in [4.78, 5) is 64.5. The number of nitrogens with zero attached hydrogens (tertiary/aromatic N) is 16. The van der Waals surface area contributed by atoms with E-state index in [1.165, 1.54) is 190 Å². The first-order valence-corrected chi connectivity index (χ1v) is 33.3. The van der Waals surface area contributed by atoms with Crippen molar-refractivity contribution in [1.29, 1.82) is 0 Å². The monoisotopic (exact) mass is 1240 g/mol. The van der Waals surface area contributed by atoms with Gasteiger partial charge in [-0.15, -0.1) is 0 Å². The average Bonchev–Trinajstić information content (AvgIpc) is 2.19. The Hall–Kier alpha value is -5.04. The molecule has 0 saturated carbocycles. The highest BCUT2D eigenvalue weighted by Gasteiger charge is 2.45. The minimum atomic E-state index is -0.813. The summed E-state index contributed by atoms with van der Waals surface area (Å²) in [5, 5.41) is 22.7. The normalized spacial score (nSPS) is 14.1. The van der Waals surface area contributed by atoms with Gasteiger partial charge in [0.2, 0.25) is 0 Å². The Morgan fingerprint density at radius 3 is 1.20 bits per heavy atom. The van der Waals surface area contributed by atoms with Crippen LogP contribution in [-0.4, -0.2) is 159 Å². The zero-order chi connectivity index (χ0) is 63.6. The molecule has 87 heavy (non-hydrogen) atoms. The van der Waals surface area contributed by atoms with Gasteiger partial charge in [0.25, 0.3) is 11.8 Å². The molecule has 0 aliphatic carbocycles. The molecule has 1 atom stereocenters. The molecule has 2 saturated heterocycles. The lowest BCUT2D eigenvalue weighted by atomic mass is 10.1. The molecule has 2 fully saturated rings. The van der Waals surface area contributed by atoms with Crippen molar-refractivity contribution < 1.29 is 25.1 Å². The Morgan fingerprint density at radius 1 is 0.460 bits per heavy atom. The molecule has 2 heterocycles. The molecule has 508 valence electrons. The number of imide groups is 2. The van der Waals surface area contributed by atoms with Gasteiger partial charge in [0, 0.05) is 73.3 Å². The summed E-state index contributed by atoms with van der Waals surface area (Å²) in [5.74, 6) is -0.321. The van der Waals surface area contributed by atoms with Crippen LogP contribution in [0.2, 0.25) is 0 Å². The van der Waals surface area contributed by atoms with Crippen LogP contribution in [0.3, 0.4) is 0 Å². The highest BCUT2D eigenvalue weighted by molar-refractivity contribution is 6.07. The minimum absolute atomic E-state index is 0. The maximum Gasteiger partial charge on any atom is 0.325 e. The number of nitrogens with one attached hydrogen (secondary N) is 3. The Balaban J connectivity index is -0.000000378. The number of carbonyl (C=O) groups is 4. The summed E-state index contributed by atoms with van der Waals surface area (Å²) >= 11 is 0. The van der Waals surface area contributed by atoms with Crippen molar-refractivity contribution in [3.05, 3.63) is 41.8 Å². The summed E-state index contributed by atoms with van der Waals surface area (Å²) in [6, 6.07) is -0.603. The standard InChI is InChI=1S/C23H44N6O2.C22H42N6O2.C14H30N4.C2H6N4.2CH4.H2/c1-5-6-7-8-9-10-11-12-13-14-18-29(4,20-16-25-27-24)19-15-17-28-21(30)23(2,3)26-22(28)31;1-4-5-6-7-8-9-10-11-12-13-16-27(19-15-24-26-23)17-14-18-28-20(29)22(2,3)25-21(28)30;1-2-3-4-5-6-7-8-9-10-11-12-16-13-14-17-18-15;3-1-2-5-6-4;;;/h5-20H2,1-4H3;4-19H2,1-3H3,(H,25,30);16H,2-14H2,1H3;1-3H2;2*1H4;1H/p+1/i;;;;;;1+1. The average molecular weight is 1240 g/mol. The van der Waals surface area contributed by atoms with Crippen molar-refractivity contribution in [1.82, 2.24) is 30.7 Å². The van der Waals surface area contributed by atoms with Gasteiger partial charge in [-0.25, -0.2) is 9.59 Å². The zero-order valence-electron chi connectivity index (χ0n) is 55.1. The second-order valence-electron chi connectivity index (χ2n) is 24.3.